The minimum absolute atomic E-state index is 0.0731. The van der Waals surface area contributed by atoms with Crippen molar-refractivity contribution in [2.24, 2.45) is 0 Å². The number of benzene rings is 1. The van der Waals surface area contributed by atoms with E-state index in [9.17, 15) is 14.5 Å². The van der Waals surface area contributed by atoms with Crippen molar-refractivity contribution in [2.75, 3.05) is 7.11 Å². The number of hydrogen-bond acceptors (Lipinski definition) is 3. The predicted octanol–water partition coefficient (Wildman–Crippen LogP) is 2.05. The molecule has 1 aromatic rings. The van der Waals surface area contributed by atoms with E-state index in [0.29, 0.717) is 5.56 Å². The van der Waals surface area contributed by atoms with Crippen LogP contribution in [0, 0.1) is 22.9 Å². The van der Waals surface area contributed by atoms with E-state index in [0.717, 1.165) is 6.07 Å². The Bertz CT molecular complexity index is 351. The molecule has 0 amide bonds. The summed E-state index contributed by atoms with van der Waals surface area (Å²) >= 11 is 0. The van der Waals surface area contributed by atoms with Crippen LogP contribution in [0.3, 0.4) is 0 Å². The van der Waals surface area contributed by atoms with Crippen molar-refractivity contribution >= 4 is 5.69 Å². The Morgan fingerprint density at radius 2 is 2.15 bits per heavy atom. The Labute approximate surface area is 74.1 Å². The van der Waals surface area contributed by atoms with Crippen LogP contribution in [0.2, 0.25) is 0 Å². The topological polar surface area (TPSA) is 52.4 Å². The summed E-state index contributed by atoms with van der Waals surface area (Å²) in [6.07, 6.45) is 0. The molecule has 1 aromatic carbocycles. The molecular formula is C8H8FNO3. The maximum atomic E-state index is 12.9. The molecule has 0 aliphatic heterocycles. The van der Waals surface area contributed by atoms with E-state index in [4.69, 9.17) is 4.74 Å². The Morgan fingerprint density at radius 3 is 2.62 bits per heavy atom. The fourth-order valence-corrected chi connectivity index (χ4v) is 0.951. The molecule has 5 heteroatoms. The number of ether oxygens (including phenoxy) is 1. The quantitative estimate of drug-likeness (QED) is 0.523. The van der Waals surface area contributed by atoms with Crippen molar-refractivity contribution < 1.29 is 14.1 Å². The molecule has 0 saturated heterocycles. The van der Waals surface area contributed by atoms with Gasteiger partial charge in [0.2, 0.25) is 0 Å². The summed E-state index contributed by atoms with van der Waals surface area (Å²) in [6, 6.07) is 2.15. The number of nitrogens with zero attached hydrogens (tertiary/aromatic N) is 1. The average Bonchev–Trinajstić information content (AvgIpc) is 2.08. The van der Waals surface area contributed by atoms with Gasteiger partial charge in [0.25, 0.3) is 0 Å². The van der Waals surface area contributed by atoms with Gasteiger partial charge in [-0.15, -0.1) is 0 Å². The van der Waals surface area contributed by atoms with E-state index in [1.165, 1.54) is 20.1 Å². The first-order valence-corrected chi connectivity index (χ1v) is 3.54. The van der Waals surface area contributed by atoms with Crippen molar-refractivity contribution in [3.8, 4) is 5.75 Å². The van der Waals surface area contributed by atoms with Crippen LogP contribution in [0.25, 0.3) is 0 Å². The number of aryl methyl sites for hydroxylation is 1. The van der Waals surface area contributed by atoms with Gasteiger partial charge >= 0.3 is 5.69 Å². The van der Waals surface area contributed by atoms with Crippen LogP contribution in [-0.4, -0.2) is 12.0 Å². The van der Waals surface area contributed by atoms with E-state index >= 15 is 0 Å². The maximum absolute atomic E-state index is 12.9. The van der Waals surface area contributed by atoms with Gasteiger partial charge in [0.05, 0.1) is 18.1 Å². The lowest BCUT2D eigenvalue weighted by molar-refractivity contribution is -0.386. The number of nitro benzene ring substituents is 1. The summed E-state index contributed by atoms with van der Waals surface area (Å²) in [6.45, 7) is 1.52. The highest BCUT2D eigenvalue weighted by molar-refractivity contribution is 5.48. The van der Waals surface area contributed by atoms with Gasteiger partial charge < -0.3 is 4.74 Å². The SMILES string of the molecule is COc1cc(C)c(F)cc1[N+](=O)[O-]. The van der Waals surface area contributed by atoms with Crippen molar-refractivity contribution in [1.29, 1.82) is 0 Å². The second-order valence-corrected chi connectivity index (χ2v) is 2.53. The molecule has 0 heterocycles. The number of rotatable bonds is 2. The van der Waals surface area contributed by atoms with Crippen molar-refractivity contribution in [3.05, 3.63) is 33.6 Å². The molecule has 70 valence electrons. The molecule has 4 nitrogen and oxygen atoms in total. The van der Waals surface area contributed by atoms with E-state index in [1.54, 1.807) is 0 Å². The smallest absolute Gasteiger partial charge is 0.313 e. The molecular weight excluding hydrogens is 177 g/mol. The Hall–Kier alpha value is -1.65. The first kappa shape index (κ1) is 9.44. The van der Waals surface area contributed by atoms with Crippen molar-refractivity contribution in [2.45, 2.75) is 6.92 Å². The summed E-state index contributed by atoms with van der Waals surface area (Å²) in [7, 11) is 1.31. The molecule has 0 fully saturated rings. The summed E-state index contributed by atoms with van der Waals surface area (Å²) in [4.78, 5) is 9.72. The third-order valence-electron chi connectivity index (χ3n) is 1.66. The van der Waals surface area contributed by atoms with Crippen LogP contribution < -0.4 is 4.74 Å². The normalized spacial score (nSPS) is 9.77. The van der Waals surface area contributed by atoms with Gasteiger partial charge in [-0.05, 0) is 18.6 Å². The first-order valence-electron chi connectivity index (χ1n) is 3.54. The van der Waals surface area contributed by atoms with Crippen molar-refractivity contribution in [1.82, 2.24) is 0 Å². The predicted molar refractivity (Wildman–Crippen MR) is 44.3 cm³/mol. The van der Waals surface area contributed by atoms with Gasteiger partial charge in [-0.3, -0.25) is 10.1 Å². The molecule has 13 heavy (non-hydrogen) atoms. The van der Waals surface area contributed by atoms with Gasteiger partial charge in [-0.2, -0.15) is 0 Å². The van der Waals surface area contributed by atoms with Crippen molar-refractivity contribution in [3.63, 3.8) is 0 Å². The molecule has 0 aromatic heterocycles. The highest BCUT2D eigenvalue weighted by Gasteiger charge is 2.17. The minimum atomic E-state index is -0.679. The zero-order valence-electron chi connectivity index (χ0n) is 7.20. The molecule has 0 spiro atoms. The largest absolute Gasteiger partial charge is 0.490 e. The molecule has 0 bridgehead atoms. The van der Waals surface area contributed by atoms with Gasteiger partial charge in [0, 0.05) is 0 Å². The number of nitro groups is 1. The standard InChI is InChI=1S/C8H8FNO3/c1-5-3-8(13-2)7(10(11)12)4-6(5)9/h3-4H,1-2H3. The number of methoxy groups -OCH3 is 1. The maximum Gasteiger partial charge on any atom is 0.313 e. The molecule has 0 unspecified atom stereocenters. The van der Waals surface area contributed by atoms with E-state index in [-0.39, 0.29) is 11.4 Å². The van der Waals surface area contributed by atoms with Gasteiger partial charge in [-0.1, -0.05) is 0 Å². The van der Waals surface area contributed by atoms with Crippen LogP contribution in [-0.2, 0) is 0 Å². The molecule has 0 aliphatic carbocycles. The van der Waals surface area contributed by atoms with E-state index in [1.807, 2.05) is 0 Å². The molecule has 1 rings (SSSR count). The zero-order chi connectivity index (χ0) is 10.0. The van der Waals surface area contributed by atoms with Gasteiger partial charge in [0.1, 0.15) is 5.82 Å². The van der Waals surface area contributed by atoms with Crippen LogP contribution in [0.4, 0.5) is 10.1 Å². The fraction of sp³-hybridized carbons (Fsp3) is 0.250. The van der Waals surface area contributed by atoms with E-state index in [2.05, 4.69) is 0 Å². The summed E-state index contributed by atoms with van der Waals surface area (Å²) in [5, 5.41) is 10.4. The van der Waals surface area contributed by atoms with Gasteiger partial charge in [0.15, 0.2) is 5.75 Å². The Morgan fingerprint density at radius 1 is 1.54 bits per heavy atom. The minimum Gasteiger partial charge on any atom is -0.490 e. The third kappa shape index (κ3) is 1.74. The summed E-state index contributed by atoms with van der Waals surface area (Å²) in [5.41, 5.74) is -0.0342. The van der Waals surface area contributed by atoms with Gasteiger partial charge in [-0.25, -0.2) is 4.39 Å². The number of halogens is 1. The first-order chi connectivity index (χ1) is 6.06. The Kier molecular flexibility index (Phi) is 2.46. The second kappa shape index (κ2) is 3.38. The number of hydrogen-bond donors (Lipinski definition) is 0. The molecule has 0 N–H and O–H groups in total. The molecule has 0 saturated carbocycles. The van der Waals surface area contributed by atoms with E-state index < -0.39 is 10.7 Å². The summed E-state index contributed by atoms with van der Waals surface area (Å²) < 4.78 is 17.6. The van der Waals surface area contributed by atoms with Crippen LogP contribution in [0.5, 0.6) is 5.75 Å². The lowest BCUT2D eigenvalue weighted by Crippen LogP contribution is -1.96. The molecule has 0 radical (unpaired) electrons. The van der Waals surface area contributed by atoms with Crippen LogP contribution in [0.1, 0.15) is 5.56 Å². The Balaban J connectivity index is 3.33. The monoisotopic (exact) mass is 185 g/mol. The highest BCUT2D eigenvalue weighted by atomic mass is 19.1. The molecule has 0 aliphatic rings. The summed E-state index contributed by atoms with van der Waals surface area (Å²) in [5.74, 6) is -0.531. The average molecular weight is 185 g/mol. The third-order valence-corrected chi connectivity index (χ3v) is 1.66. The fourth-order valence-electron chi connectivity index (χ4n) is 0.951. The molecule has 0 atom stereocenters. The van der Waals surface area contributed by atoms with Crippen LogP contribution in [0.15, 0.2) is 12.1 Å². The van der Waals surface area contributed by atoms with Crippen LogP contribution >= 0.6 is 0 Å². The second-order valence-electron chi connectivity index (χ2n) is 2.53. The highest BCUT2D eigenvalue weighted by Crippen LogP contribution is 2.28. The lowest BCUT2D eigenvalue weighted by atomic mass is 10.2. The lowest BCUT2D eigenvalue weighted by Gasteiger charge is -2.02. The zero-order valence-corrected chi connectivity index (χ0v) is 7.20.